The van der Waals surface area contributed by atoms with Gasteiger partial charge >= 0.3 is 0 Å². The van der Waals surface area contributed by atoms with E-state index in [9.17, 15) is 5.11 Å². The Morgan fingerprint density at radius 2 is 2.35 bits per heavy atom. The van der Waals surface area contributed by atoms with Crippen molar-refractivity contribution >= 4 is 27.0 Å². The lowest BCUT2D eigenvalue weighted by Crippen LogP contribution is -2.48. The van der Waals surface area contributed by atoms with E-state index in [2.05, 4.69) is 32.7 Å². The summed E-state index contributed by atoms with van der Waals surface area (Å²) < 4.78 is 12.3. The van der Waals surface area contributed by atoms with E-state index in [4.69, 9.17) is 9.15 Å². The Labute approximate surface area is 125 Å². The highest BCUT2D eigenvalue weighted by molar-refractivity contribution is 9.10. The van der Waals surface area contributed by atoms with Crippen LogP contribution in [0.1, 0.15) is 12.8 Å². The fraction of sp³-hybridized carbons (Fsp3) is 0.500. The third kappa shape index (κ3) is 2.88. The van der Waals surface area contributed by atoms with Crippen molar-refractivity contribution < 1.29 is 14.3 Å². The maximum absolute atomic E-state index is 9.21. The van der Waals surface area contributed by atoms with Crippen LogP contribution in [-0.4, -0.2) is 46.9 Å². The van der Waals surface area contributed by atoms with Gasteiger partial charge in [-0.1, -0.05) is 15.9 Å². The normalized spacial score (nSPS) is 24.4. The van der Waals surface area contributed by atoms with Crippen LogP contribution in [0.4, 0.5) is 0 Å². The molecule has 108 valence electrons. The number of ether oxygens (including phenoxy) is 1. The van der Waals surface area contributed by atoms with E-state index in [1.165, 1.54) is 0 Å². The molecular weight excluding hydrogens is 324 g/mol. The fourth-order valence-corrected chi connectivity index (χ4v) is 2.73. The smallest absolute Gasteiger partial charge is 0.209 e. The predicted octanol–water partition coefficient (Wildman–Crippen LogP) is 2.17. The number of hydrogen-bond acceptors (Lipinski definition) is 5. The summed E-state index contributed by atoms with van der Waals surface area (Å²) in [5.74, 6) is 0.698. The van der Waals surface area contributed by atoms with Crippen molar-refractivity contribution in [1.82, 2.24) is 9.88 Å². The van der Waals surface area contributed by atoms with E-state index in [0.29, 0.717) is 31.6 Å². The molecule has 0 bridgehead atoms. The van der Waals surface area contributed by atoms with Crippen LogP contribution in [0, 0.1) is 0 Å². The molecule has 1 aliphatic heterocycles. The van der Waals surface area contributed by atoms with Crippen molar-refractivity contribution in [3.05, 3.63) is 28.6 Å². The summed E-state index contributed by atoms with van der Waals surface area (Å²) in [5.41, 5.74) is 1.65. The van der Waals surface area contributed by atoms with Crippen molar-refractivity contribution in [1.29, 1.82) is 0 Å². The Hall–Kier alpha value is -0.950. The molecule has 1 N–H and O–H groups in total. The van der Waals surface area contributed by atoms with E-state index in [1.807, 2.05) is 18.2 Å². The Morgan fingerprint density at radius 3 is 3.15 bits per heavy atom. The SMILES string of the molecule is C[C@H]1CO[C@H](CO)CN1Cc1nc2ccc(Br)cc2o1. The first-order valence-corrected chi connectivity index (χ1v) is 7.46. The Bertz CT molecular complexity index is 601. The van der Waals surface area contributed by atoms with Gasteiger partial charge in [0, 0.05) is 17.1 Å². The standard InChI is InChI=1S/C14H17BrN2O3/c1-9-8-19-11(7-18)5-17(9)6-14-16-12-3-2-10(15)4-13(12)20-14/h2-4,9,11,18H,5-8H2,1H3/t9-,11-/m0/s1. The van der Waals surface area contributed by atoms with Crippen LogP contribution in [0.3, 0.4) is 0 Å². The maximum Gasteiger partial charge on any atom is 0.209 e. The molecular formula is C14H17BrN2O3. The molecule has 0 aliphatic carbocycles. The molecule has 0 saturated carbocycles. The highest BCUT2D eigenvalue weighted by atomic mass is 79.9. The van der Waals surface area contributed by atoms with Gasteiger partial charge in [-0.05, 0) is 25.1 Å². The summed E-state index contributed by atoms with van der Waals surface area (Å²) in [6.07, 6.45) is -0.121. The van der Waals surface area contributed by atoms with Gasteiger partial charge in [0.1, 0.15) is 5.52 Å². The quantitative estimate of drug-likeness (QED) is 0.927. The molecule has 1 saturated heterocycles. The molecule has 1 aliphatic rings. The average Bonchev–Trinajstić information content (AvgIpc) is 2.82. The number of aromatic nitrogens is 1. The van der Waals surface area contributed by atoms with Gasteiger partial charge in [-0.15, -0.1) is 0 Å². The summed E-state index contributed by atoms with van der Waals surface area (Å²) in [4.78, 5) is 6.73. The Morgan fingerprint density at radius 1 is 1.50 bits per heavy atom. The van der Waals surface area contributed by atoms with Gasteiger partial charge < -0.3 is 14.3 Å². The zero-order chi connectivity index (χ0) is 14.1. The minimum absolute atomic E-state index is 0.0454. The highest BCUT2D eigenvalue weighted by Crippen LogP contribution is 2.22. The van der Waals surface area contributed by atoms with E-state index in [1.54, 1.807) is 0 Å². The summed E-state index contributed by atoms with van der Waals surface area (Å²) in [6, 6.07) is 6.10. The van der Waals surface area contributed by atoms with Gasteiger partial charge in [0.2, 0.25) is 5.89 Å². The first kappa shape index (κ1) is 14.0. The summed E-state index contributed by atoms with van der Waals surface area (Å²) in [7, 11) is 0. The summed E-state index contributed by atoms with van der Waals surface area (Å²) in [6.45, 7) is 4.10. The van der Waals surface area contributed by atoms with E-state index in [0.717, 1.165) is 15.6 Å². The maximum atomic E-state index is 9.21. The molecule has 1 fully saturated rings. The van der Waals surface area contributed by atoms with Crippen LogP contribution in [0.15, 0.2) is 27.1 Å². The molecule has 0 spiro atoms. The number of rotatable bonds is 3. The number of nitrogens with zero attached hydrogens (tertiary/aromatic N) is 2. The van der Waals surface area contributed by atoms with Gasteiger partial charge in [-0.3, -0.25) is 4.90 Å². The minimum atomic E-state index is -0.121. The number of hydrogen-bond donors (Lipinski definition) is 1. The van der Waals surface area contributed by atoms with Crippen LogP contribution in [0.5, 0.6) is 0 Å². The zero-order valence-electron chi connectivity index (χ0n) is 11.3. The van der Waals surface area contributed by atoms with Crippen LogP contribution < -0.4 is 0 Å². The molecule has 0 unspecified atom stereocenters. The fourth-order valence-electron chi connectivity index (χ4n) is 2.39. The average molecular weight is 341 g/mol. The van der Waals surface area contributed by atoms with Crippen molar-refractivity contribution in [2.45, 2.75) is 25.6 Å². The second-order valence-electron chi connectivity index (χ2n) is 5.14. The lowest BCUT2D eigenvalue weighted by Gasteiger charge is -2.36. The molecule has 3 rings (SSSR count). The Balaban J connectivity index is 1.77. The lowest BCUT2D eigenvalue weighted by atomic mass is 10.2. The number of morpholine rings is 1. The van der Waals surface area contributed by atoms with Crippen LogP contribution in [-0.2, 0) is 11.3 Å². The van der Waals surface area contributed by atoms with Crippen molar-refractivity contribution in [3.63, 3.8) is 0 Å². The van der Waals surface area contributed by atoms with Crippen LogP contribution in [0.2, 0.25) is 0 Å². The first-order valence-electron chi connectivity index (χ1n) is 6.67. The molecule has 1 aromatic carbocycles. The van der Waals surface area contributed by atoms with Crippen LogP contribution in [0.25, 0.3) is 11.1 Å². The van der Waals surface area contributed by atoms with Gasteiger partial charge in [0.25, 0.3) is 0 Å². The molecule has 2 atom stereocenters. The Kier molecular flexibility index (Phi) is 4.07. The number of halogens is 1. The largest absolute Gasteiger partial charge is 0.439 e. The summed E-state index contributed by atoms with van der Waals surface area (Å²) in [5, 5.41) is 9.21. The predicted molar refractivity (Wildman–Crippen MR) is 78.4 cm³/mol. The number of fused-ring (bicyclic) bond motifs is 1. The van der Waals surface area contributed by atoms with E-state index >= 15 is 0 Å². The molecule has 0 radical (unpaired) electrons. The van der Waals surface area contributed by atoms with Gasteiger partial charge in [0.15, 0.2) is 5.58 Å². The second-order valence-corrected chi connectivity index (χ2v) is 6.05. The van der Waals surface area contributed by atoms with Gasteiger partial charge in [-0.25, -0.2) is 4.98 Å². The van der Waals surface area contributed by atoms with Crippen molar-refractivity contribution in [3.8, 4) is 0 Å². The molecule has 2 heterocycles. The second kappa shape index (κ2) is 5.81. The topological polar surface area (TPSA) is 58.7 Å². The monoisotopic (exact) mass is 340 g/mol. The summed E-state index contributed by atoms with van der Waals surface area (Å²) >= 11 is 3.42. The van der Waals surface area contributed by atoms with Crippen molar-refractivity contribution in [2.24, 2.45) is 0 Å². The number of aliphatic hydroxyl groups is 1. The third-order valence-electron chi connectivity index (χ3n) is 3.57. The lowest BCUT2D eigenvalue weighted by molar-refractivity contribution is -0.0823. The first-order chi connectivity index (χ1) is 9.65. The third-order valence-corrected chi connectivity index (χ3v) is 4.06. The van der Waals surface area contributed by atoms with Gasteiger partial charge in [-0.2, -0.15) is 0 Å². The number of aliphatic hydroxyl groups excluding tert-OH is 1. The zero-order valence-corrected chi connectivity index (χ0v) is 12.8. The number of oxazole rings is 1. The van der Waals surface area contributed by atoms with Crippen LogP contribution >= 0.6 is 15.9 Å². The highest BCUT2D eigenvalue weighted by Gasteiger charge is 2.26. The van der Waals surface area contributed by atoms with E-state index < -0.39 is 0 Å². The molecule has 6 heteroatoms. The molecule has 20 heavy (non-hydrogen) atoms. The molecule has 0 amide bonds. The molecule has 1 aromatic heterocycles. The minimum Gasteiger partial charge on any atom is -0.439 e. The number of benzene rings is 1. The van der Waals surface area contributed by atoms with E-state index in [-0.39, 0.29) is 12.7 Å². The van der Waals surface area contributed by atoms with Gasteiger partial charge in [0.05, 0.1) is 25.9 Å². The van der Waals surface area contributed by atoms with Crippen molar-refractivity contribution in [2.75, 3.05) is 19.8 Å². The molecule has 2 aromatic rings. The molecule has 5 nitrogen and oxygen atoms in total.